The molecule has 3 N–H and O–H groups in total. The molecule has 3 aromatic carbocycles. The SMILES string of the molecule is O=S(=O)(O)C(c1ccc(Cl)cc1)(c1c(O)cccc1Cl)c1c(Cl)ccc(O)c1Cl. The van der Waals surface area contributed by atoms with Crippen LogP contribution < -0.4 is 0 Å². The van der Waals surface area contributed by atoms with Crippen LogP contribution in [-0.4, -0.2) is 23.2 Å². The van der Waals surface area contributed by atoms with Crippen LogP contribution >= 0.6 is 46.4 Å². The van der Waals surface area contributed by atoms with Gasteiger partial charge in [-0.05, 0) is 42.0 Å². The lowest BCUT2D eigenvalue weighted by Gasteiger charge is -2.35. The van der Waals surface area contributed by atoms with Crippen molar-refractivity contribution in [1.29, 1.82) is 0 Å². The van der Waals surface area contributed by atoms with E-state index in [1.807, 2.05) is 0 Å². The highest BCUT2D eigenvalue weighted by molar-refractivity contribution is 7.87. The molecule has 152 valence electrons. The van der Waals surface area contributed by atoms with E-state index in [1.165, 1.54) is 48.5 Å². The average Bonchev–Trinajstić information content (AvgIpc) is 2.63. The normalized spacial score (nSPS) is 13.8. The Morgan fingerprint density at radius 3 is 1.86 bits per heavy atom. The van der Waals surface area contributed by atoms with Crippen molar-refractivity contribution < 1.29 is 23.2 Å². The second kappa shape index (κ2) is 7.87. The van der Waals surface area contributed by atoms with E-state index < -0.39 is 31.4 Å². The molecule has 0 aliphatic heterocycles. The first-order chi connectivity index (χ1) is 13.5. The highest BCUT2D eigenvalue weighted by atomic mass is 35.5. The molecule has 1 unspecified atom stereocenters. The minimum Gasteiger partial charge on any atom is -0.508 e. The van der Waals surface area contributed by atoms with E-state index in [0.29, 0.717) is 0 Å². The van der Waals surface area contributed by atoms with Gasteiger partial charge < -0.3 is 10.2 Å². The molecule has 10 heteroatoms. The third-order valence-electron chi connectivity index (χ3n) is 4.40. The number of halogens is 4. The quantitative estimate of drug-likeness (QED) is 0.311. The summed E-state index contributed by atoms with van der Waals surface area (Å²) in [5.74, 6) is -1.03. The third-order valence-corrected chi connectivity index (χ3v) is 7.09. The highest BCUT2D eigenvalue weighted by Crippen LogP contribution is 2.54. The van der Waals surface area contributed by atoms with Crippen molar-refractivity contribution in [3.05, 3.63) is 91.4 Å². The maximum atomic E-state index is 13.0. The van der Waals surface area contributed by atoms with Gasteiger partial charge in [0.25, 0.3) is 10.1 Å². The fraction of sp³-hybridized carbons (Fsp3) is 0.0526. The van der Waals surface area contributed by atoms with Gasteiger partial charge in [-0.1, -0.05) is 64.6 Å². The van der Waals surface area contributed by atoms with Crippen molar-refractivity contribution in [3.8, 4) is 11.5 Å². The number of aromatic hydroxyl groups is 2. The van der Waals surface area contributed by atoms with Crippen LogP contribution in [0.1, 0.15) is 16.7 Å². The van der Waals surface area contributed by atoms with Crippen LogP contribution in [0.4, 0.5) is 0 Å². The molecule has 0 fully saturated rings. The van der Waals surface area contributed by atoms with Crippen LogP contribution in [0, 0.1) is 0 Å². The fourth-order valence-corrected chi connectivity index (χ4v) is 5.87. The molecule has 0 aliphatic rings. The second-order valence-electron chi connectivity index (χ2n) is 6.05. The molecule has 0 saturated heterocycles. The van der Waals surface area contributed by atoms with Crippen molar-refractivity contribution >= 4 is 56.5 Å². The summed E-state index contributed by atoms with van der Waals surface area (Å²) in [6.45, 7) is 0. The molecule has 0 bridgehead atoms. The predicted octanol–water partition coefficient (Wildman–Crippen LogP) is 5.89. The number of rotatable bonds is 4. The maximum Gasteiger partial charge on any atom is 0.283 e. The summed E-state index contributed by atoms with van der Waals surface area (Å²) >= 11 is 24.8. The Bertz CT molecular complexity index is 1180. The Labute approximate surface area is 186 Å². The molecule has 3 aromatic rings. The number of benzene rings is 3. The monoisotopic (exact) mass is 492 g/mol. The van der Waals surface area contributed by atoms with Gasteiger partial charge in [0.1, 0.15) is 11.5 Å². The Kier molecular flexibility index (Phi) is 5.98. The summed E-state index contributed by atoms with van der Waals surface area (Å²) in [6.07, 6.45) is 0. The van der Waals surface area contributed by atoms with Gasteiger partial charge in [0, 0.05) is 26.2 Å². The fourth-order valence-electron chi connectivity index (χ4n) is 3.23. The van der Waals surface area contributed by atoms with Gasteiger partial charge in [-0.3, -0.25) is 4.55 Å². The highest BCUT2D eigenvalue weighted by Gasteiger charge is 2.53. The minimum atomic E-state index is -5.17. The molecule has 0 aromatic heterocycles. The summed E-state index contributed by atoms with van der Waals surface area (Å²) in [4.78, 5) is 0. The van der Waals surface area contributed by atoms with E-state index in [2.05, 4.69) is 0 Å². The van der Waals surface area contributed by atoms with Crippen molar-refractivity contribution in [2.45, 2.75) is 4.75 Å². The van der Waals surface area contributed by atoms with Gasteiger partial charge in [-0.25, -0.2) is 0 Å². The van der Waals surface area contributed by atoms with Crippen LogP contribution in [0.5, 0.6) is 11.5 Å². The second-order valence-corrected chi connectivity index (χ2v) is 9.24. The first kappa shape index (κ1) is 22.0. The number of phenols is 2. The molecule has 0 saturated carbocycles. The van der Waals surface area contributed by atoms with Crippen molar-refractivity contribution in [1.82, 2.24) is 0 Å². The van der Waals surface area contributed by atoms with E-state index in [9.17, 15) is 23.2 Å². The zero-order chi connectivity index (χ0) is 21.6. The van der Waals surface area contributed by atoms with Gasteiger partial charge in [-0.2, -0.15) is 8.42 Å². The Hall–Kier alpha value is -1.67. The smallest absolute Gasteiger partial charge is 0.283 e. The minimum absolute atomic E-state index is 0.0674. The summed E-state index contributed by atoms with van der Waals surface area (Å²) in [6, 6.07) is 11.7. The summed E-state index contributed by atoms with van der Waals surface area (Å²) in [5, 5.41) is 20.2. The van der Waals surface area contributed by atoms with E-state index in [-0.39, 0.29) is 31.8 Å². The predicted molar refractivity (Wildman–Crippen MR) is 114 cm³/mol. The van der Waals surface area contributed by atoms with Crippen molar-refractivity contribution in [2.24, 2.45) is 0 Å². The van der Waals surface area contributed by atoms with Gasteiger partial charge in [0.15, 0.2) is 4.75 Å². The molecule has 5 nitrogen and oxygen atoms in total. The number of hydrogen-bond acceptors (Lipinski definition) is 4. The maximum absolute atomic E-state index is 13.0. The van der Waals surface area contributed by atoms with E-state index in [4.69, 9.17) is 46.4 Å². The zero-order valence-corrected chi connectivity index (χ0v) is 18.1. The first-order valence-corrected chi connectivity index (χ1v) is 10.9. The standard InChI is InChI=1S/C19H12Cl4O5S/c20-11-6-4-10(5-7-11)19(29(26,27)28,16-12(21)2-1-3-14(16)24)17-13(22)8-9-15(25)18(17)23/h1-9,24-25H,(H,26,27,28). The van der Waals surface area contributed by atoms with Gasteiger partial charge in [0.2, 0.25) is 0 Å². The molecule has 0 heterocycles. The van der Waals surface area contributed by atoms with E-state index in [0.717, 1.165) is 6.07 Å². The molecule has 0 amide bonds. The topological polar surface area (TPSA) is 94.8 Å². The van der Waals surface area contributed by atoms with Crippen molar-refractivity contribution in [3.63, 3.8) is 0 Å². The molecular formula is C19H12Cl4O5S. The van der Waals surface area contributed by atoms with Crippen LogP contribution in [-0.2, 0) is 14.9 Å². The Morgan fingerprint density at radius 1 is 0.724 bits per heavy atom. The Morgan fingerprint density at radius 2 is 1.31 bits per heavy atom. The first-order valence-electron chi connectivity index (χ1n) is 7.90. The van der Waals surface area contributed by atoms with Gasteiger partial charge >= 0.3 is 0 Å². The number of phenolic OH excluding ortho intramolecular Hbond substituents is 2. The van der Waals surface area contributed by atoms with Crippen LogP contribution in [0.2, 0.25) is 20.1 Å². The van der Waals surface area contributed by atoms with E-state index >= 15 is 0 Å². The molecule has 0 aliphatic carbocycles. The molecule has 3 rings (SSSR count). The van der Waals surface area contributed by atoms with Gasteiger partial charge in [-0.15, -0.1) is 0 Å². The van der Waals surface area contributed by atoms with Crippen LogP contribution in [0.3, 0.4) is 0 Å². The van der Waals surface area contributed by atoms with Gasteiger partial charge in [0.05, 0.1) is 5.02 Å². The lowest BCUT2D eigenvalue weighted by atomic mass is 9.83. The summed E-state index contributed by atoms with van der Waals surface area (Å²) in [7, 11) is -5.17. The third kappa shape index (κ3) is 3.54. The molecular weight excluding hydrogens is 482 g/mol. The molecule has 0 spiro atoms. The van der Waals surface area contributed by atoms with Crippen molar-refractivity contribution in [2.75, 3.05) is 0 Å². The summed E-state index contributed by atoms with van der Waals surface area (Å²) < 4.78 is 34.0. The average molecular weight is 494 g/mol. The Balaban J connectivity index is 2.68. The lowest BCUT2D eigenvalue weighted by Crippen LogP contribution is -2.39. The molecule has 1 atom stereocenters. The largest absolute Gasteiger partial charge is 0.508 e. The molecule has 0 radical (unpaired) electrons. The number of hydrogen-bond donors (Lipinski definition) is 3. The van der Waals surface area contributed by atoms with Crippen LogP contribution in [0.15, 0.2) is 54.6 Å². The zero-order valence-electron chi connectivity index (χ0n) is 14.3. The lowest BCUT2D eigenvalue weighted by molar-refractivity contribution is 0.439. The van der Waals surface area contributed by atoms with Crippen LogP contribution in [0.25, 0.3) is 0 Å². The van der Waals surface area contributed by atoms with E-state index in [1.54, 1.807) is 0 Å². The molecule has 29 heavy (non-hydrogen) atoms. The summed E-state index contributed by atoms with van der Waals surface area (Å²) in [5.41, 5.74) is -0.836.